The lowest BCUT2D eigenvalue weighted by molar-refractivity contribution is -0.119. The number of nitrogens with zero attached hydrogens (tertiary/aromatic N) is 5. The van der Waals surface area contributed by atoms with E-state index >= 15 is 0 Å². The number of pyridine rings is 1. The molecule has 148 valence electrons. The lowest BCUT2D eigenvalue weighted by Gasteiger charge is -2.26. The minimum absolute atomic E-state index is 0.582. The first-order valence-electron chi connectivity index (χ1n) is 10.0. The molecule has 0 radical (unpaired) electrons. The minimum Gasteiger partial charge on any atom is -0.338 e. The summed E-state index contributed by atoms with van der Waals surface area (Å²) in [7, 11) is 2.00. The van der Waals surface area contributed by atoms with E-state index in [9.17, 15) is 4.79 Å². The Hall–Kier alpha value is -2.71. The summed E-state index contributed by atoms with van der Waals surface area (Å²) in [6, 6.07) is 2.18. The third-order valence-corrected chi connectivity index (χ3v) is 7.02. The van der Waals surface area contributed by atoms with Crippen LogP contribution in [0.15, 0.2) is 23.8 Å². The molecular formula is C21H22N6OS. The minimum atomic E-state index is 0.582. The highest BCUT2D eigenvalue weighted by Gasteiger charge is 2.34. The van der Waals surface area contributed by atoms with Gasteiger partial charge in [0.2, 0.25) is 6.41 Å². The average Bonchev–Trinajstić information content (AvgIpc) is 3.19. The quantitative estimate of drug-likeness (QED) is 0.675. The Morgan fingerprint density at radius 1 is 1.31 bits per heavy atom. The summed E-state index contributed by atoms with van der Waals surface area (Å²) < 4.78 is 3.58. The Morgan fingerprint density at radius 3 is 2.97 bits per heavy atom. The van der Waals surface area contributed by atoms with Gasteiger partial charge in [-0.1, -0.05) is 0 Å². The Labute approximate surface area is 172 Å². The van der Waals surface area contributed by atoms with E-state index in [1.807, 2.05) is 23.2 Å². The van der Waals surface area contributed by atoms with Crippen LogP contribution >= 0.6 is 11.3 Å². The number of carbonyl (C=O) groups excluding carboxylic acids is 1. The third kappa shape index (κ3) is 2.78. The van der Waals surface area contributed by atoms with Crippen LogP contribution in [0.2, 0.25) is 0 Å². The van der Waals surface area contributed by atoms with E-state index in [1.54, 1.807) is 11.3 Å². The Balaban J connectivity index is 1.45. The van der Waals surface area contributed by atoms with Gasteiger partial charge in [-0.2, -0.15) is 0 Å². The van der Waals surface area contributed by atoms with Gasteiger partial charge in [0, 0.05) is 71.6 Å². The van der Waals surface area contributed by atoms with Gasteiger partial charge < -0.3 is 14.5 Å². The summed E-state index contributed by atoms with van der Waals surface area (Å²) in [6.45, 7) is 3.03. The van der Waals surface area contributed by atoms with Gasteiger partial charge in [-0.25, -0.2) is 10.4 Å². The average molecular weight is 407 g/mol. The second-order valence-corrected chi connectivity index (χ2v) is 8.99. The van der Waals surface area contributed by atoms with Crippen LogP contribution in [0.5, 0.6) is 0 Å². The molecule has 7 nitrogen and oxygen atoms in total. The third-order valence-electron chi connectivity index (χ3n) is 6.07. The van der Waals surface area contributed by atoms with Crippen LogP contribution in [0.4, 0.5) is 0 Å². The summed E-state index contributed by atoms with van der Waals surface area (Å²) >= 11 is 1.74. The number of aromatic nitrogens is 3. The number of amides is 1. The predicted octanol–water partition coefficient (Wildman–Crippen LogP) is 2.80. The first-order valence-corrected chi connectivity index (χ1v) is 10.9. The van der Waals surface area contributed by atoms with E-state index in [1.165, 1.54) is 34.6 Å². The number of carbonyl (C=O) groups is 1. The molecule has 1 aliphatic carbocycles. The first-order chi connectivity index (χ1) is 14.2. The number of imidazole rings is 1. The van der Waals surface area contributed by atoms with Gasteiger partial charge in [0.25, 0.3) is 0 Å². The fourth-order valence-electron chi connectivity index (χ4n) is 4.35. The summed E-state index contributed by atoms with van der Waals surface area (Å²) in [4.78, 5) is 23.1. The SMILES string of the molecule is CN1C=C(c2cc3scc(-c4nc(C5CC5)n5c4CN(C=O)CC5)c3cn2)CN1. The molecule has 3 aromatic rings. The molecular weight excluding hydrogens is 384 g/mol. The van der Waals surface area contributed by atoms with Gasteiger partial charge in [0.1, 0.15) is 5.82 Å². The maximum absolute atomic E-state index is 11.4. The van der Waals surface area contributed by atoms with Gasteiger partial charge in [0.15, 0.2) is 0 Å². The summed E-state index contributed by atoms with van der Waals surface area (Å²) in [5.41, 5.74) is 8.81. The van der Waals surface area contributed by atoms with E-state index in [4.69, 9.17) is 9.97 Å². The van der Waals surface area contributed by atoms with Crippen molar-refractivity contribution in [3.05, 3.63) is 41.1 Å². The molecule has 6 rings (SSSR count). The monoisotopic (exact) mass is 406 g/mol. The molecule has 1 saturated carbocycles. The highest BCUT2D eigenvalue weighted by atomic mass is 32.1. The molecule has 1 amide bonds. The lowest BCUT2D eigenvalue weighted by atomic mass is 10.1. The molecule has 5 heterocycles. The standard InChI is InChI=1S/C21H22N6OS/c1-25-9-14(7-23-25)17-6-19-15(8-22-17)16(11-29-19)20-18-10-26(12-28)4-5-27(18)21(24-20)13-2-3-13/h6,8-9,11-13,23H,2-5,7,10H2,1H3. The Morgan fingerprint density at radius 2 is 2.21 bits per heavy atom. The van der Waals surface area contributed by atoms with E-state index in [2.05, 4.69) is 27.6 Å². The number of thiophene rings is 1. The van der Waals surface area contributed by atoms with Gasteiger partial charge >= 0.3 is 0 Å². The van der Waals surface area contributed by atoms with E-state index < -0.39 is 0 Å². The molecule has 0 saturated heterocycles. The molecule has 0 atom stereocenters. The fourth-order valence-corrected chi connectivity index (χ4v) is 5.30. The number of nitrogens with one attached hydrogen (secondary N) is 1. The fraction of sp³-hybridized carbons (Fsp3) is 0.381. The topological polar surface area (TPSA) is 66.3 Å². The molecule has 1 N–H and O–H groups in total. The number of rotatable bonds is 4. The largest absolute Gasteiger partial charge is 0.338 e. The highest BCUT2D eigenvalue weighted by Crippen LogP contribution is 2.44. The molecule has 8 heteroatoms. The molecule has 3 aliphatic rings. The molecule has 0 bridgehead atoms. The van der Waals surface area contributed by atoms with Crippen molar-refractivity contribution in [2.45, 2.75) is 31.8 Å². The van der Waals surface area contributed by atoms with E-state index in [0.717, 1.165) is 48.4 Å². The van der Waals surface area contributed by atoms with Crippen molar-refractivity contribution < 1.29 is 4.79 Å². The predicted molar refractivity (Wildman–Crippen MR) is 113 cm³/mol. The van der Waals surface area contributed by atoms with Gasteiger partial charge in [-0.15, -0.1) is 11.3 Å². The van der Waals surface area contributed by atoms with Gasteiger partial charge in [0.05, 0.1) is 23.6 Å². The zero-order valence-corrected chi connectivity index (χ0v) is 17.1. The second-order valence-electron chi connectivity index (χ2n) is 8.08. The van der Waals surface area contributed by atoms with Crippen LogP contribution in [-0.2, 0) is 17.9 Å². The smallest absolute Gasteiger partial charge is 0.210 e. The Bertz CT molecular complexity index is 1160. The summed E-state index contributed by atoms with van der Waals surface area (Å²) in [5, 5.41) is 5.31. The van der Waals surface area contributed by atoms with Crippen LogP contribution < -0.4 is 5.43 Å². The van der Waals surface area contributed by atoms with E-state index in [-0.39, 0.29) is 0 Å². The van der Waals surface area contributed by atoms with E-state index in [0.29, 0.717) is 12.5 Å². The lowest BCUT2D eigenvalue weighted by Crippen LogP contribution is -2.33. The molecule has 2 aliphatic heterocycles. The van der Waals surface area contributed by atoms with Crippen LogP contribution in [0, 0.1) is 0 Å². The maximum atomic E-state index is 11.4. The number of hydrogen-bond acceptors (Lipinski definition) is 6. The zero-order chi connectivity index (χ0) is 19.5. The van der Waals surface area contributed by atoms with Crippen molar-refractivity contribution >= 4 is 33.4 Å². The Kier molecular flexibility index (Phi) is 3.79. The number of fused-ring (bicyclic) bond motifs is 2. The van der Waals surface area contributed by atoms with Crippen molar-refractivity contribution in [3.8, 4) is 11.3 Å². The molecule has 0 unspecified atom stereocenters. The van der Waals surface area contributed by atoms with Crippen LogP contribution in [0.3, 0.4) is 0 Å². The molecule has 0 spiro atoms. The summed E-state index contributed by atoms with van der Waals surface area (Å²) in [6.07, 6.45) is 7.47. The molecule has 3 aromatic heterocycles. The van der Waals surface area contributed by atoms with Crippen molar-refractivity contribution in [1.29, 1.82) is 0 Å². The normalized spacial score (nSPS) is 19.0. The molecule has 1 fully saturated rings. The van der Waals surface area contributed by atoms with Crippen molar-refractivity contribution in [3.63, 3.8) is 0 Å². The van der Waals surface area contributed by atoms with Gasteiger partial charge in [-0.3, -0.25) is 9.78 Å². The molecule has 0 aromatic carbocycles. The van der Waals surface area contributed by atoms with Crippen molar-refractivity contribution in [2.75, 3.05) is 20.1 Å². The van der Waals surface area contributed by atoms with Crippen LogP contribution in [0.25, 0.3) is 26.9 Å². The number of hydrogen-bond donors (Lipinski definition) is 1. The highest BCUT2D eigenvalue weighted by molar-refractivity contribution is 7.17. The summed E-state index contributed by atoms with van der Waals surface area (Å²) in [5.74, 6) is 1.79. The maximum Gasteiger partial charge on any atom is 0.210 e. The van der Waals surface area contributed by atoms with Crippen molar-refractivity contribution in [2.24, 2.45) is 0 Å². The first kappa shape index (κ1) is 17.2. The van der Waals surface area contributed by atoms with Crippen LogP contribution in [-0.4, -0.2) is 51.0 Å². The second kappa shape index (κ2) is 6.40. The molecule has 29 heavy (non-hydrogen) atoms. The van der Waals surface area contributed by atoms with Crippen molar-refractivity contribution in [1.82, 2.24) is 29.9 Å². The zero-order valence-electron chi connectivity index (χ0n) is 16.3. The van der Waals surface area contributed by atoms with Gasteiger partial charge in [-0.05, 0) is 18.9 Å². The number of hydrazine groups is 1. The van der Waals surface area contributed by atoms with Crippen LogP contribution in [0.1, 0.15) is 36.0 Å².